The maximum Gasteiger partial charge on any atom is 0.387 e. The zero-order valence-electron chi connectivity index (χ0n) is 8.25. The molecule has 0 radical (unpaired) electrons. The van der Waals surface area contributed by atoms with E-state index >= 15 is 0 Å². The zero-order chi connectivity index (χ0) is 12.1. The summed E-state index contributed by atoms with van der Waals surface area (Å²) >= 11 is 0. The molecule has 1 atom stereocenters. The van der Waals surface area contributed by atoms with Gasteiger partial charge in [0, 0.05) is 18.0 Å². The van der Waals surface area contributed by atoms with Crippen LogP contribution in [0.4, 0.5) is 17.6 Å². The lowest BCUT2D eigenvalue weighted by molar-refractivity contribution is -0.0507. The van der Waals surface area contributed by atoms with Crippen molar-refractivity contribution in [1.82, 2.24) is 0 Å². The summed E-state index contributed by atoms with van der Waals surface area (Å²) in [6.07, 6.45) is -3.18. The Kier molecular flexibility index (Phi) is 4.54. The topological polar surface area (TPSA) is 35.2 Å². The van der Waals surface area contributed by atoms with Crippen molar-refractivity contribution in [2.75, 3.05) is 0 Å². The molecule has 0 aromatic heterocycles. The summed E-state index contributed by atoms with van der Waals surface area (Å²) in [7, 11) is 0. The van der Waals surface area contributed by atoms with E-state index in [0.717, 1.165) is 0 Å². The summed E-state index contributed by atoms with van der Waals surface area (Å²) in [5.41, 5.74) is 5.62. The van der Waals surface area contributed by atoms with Gasteiger partial charge in [-0.15, -0.1) is 0 Å². The van der Waals surface area contributed by atoms with Crippen molar-refractivity contribution >= 4 is 0 Å². The third kappa shape index (κ3) is 3.69. The fraction of sp³-hybridized carbons (Fsp3) is 0.400. The van der Waals surface area contributed by atoms with Crippen molar-refractivity contribution in [2.45, 2.75) is 25.5 Å². The van der Waals surface area contributed by atoms with Gasteiger partial charge >= 0.3 is 6.61 Å². The minimum atomic E-state index is -3.00. The van der Waals surface area contributed by atoms with Crippen LogP contribution in [0.1, 0.15) is 18.0 Å². The van der Waals surface area contributed by atoms with Gasteiger partial charge in [0.25, 0.3) is 0 Å². The van der Waals surface area contributed by atoms with E-state index in [4.69, 9.17) is 5.73 Å². The van der Waals surface area contributed by atoms with Crippen molar-refractivity contribution < 1.29 is 22.3 Å². The molecule has 0 heterocycles. The van der Waals surface area contributed by atoms with Crippen LogP contribution in [0.2, 0.25) is 0 Å². The van der Waals surface area contributed by atoms with Crippen molar-refractivity contribution in [1.29, 1.82) is 0 Å². The van der Waals surface area contributed by atoms with Crippen LogP contribution in [0.5, 0.6) is 5.75 Å². The van der Waals surface area contributed by atoms with Crippen LogP contribution in [-0.2, 0) is 0 Å². The maximum atomic E-state index is 12.1. The predicted octanol–water partition coefficient (Wildman–Crippen LogP) is 2.94. The molecule has 0 unspecified atom stereocenters. The second kappa shape index (κ2) is 5.69. The molecular weight excluding hydrogens is 226 g/mol. The fourth-order valence-electron chi connectivity index (χ4n) is 1.31. The highest BCUT2D eigenvalue weighted by Crippen LogP contribution is 2.28. The normalized spacial score (nSPS) is 13.2. The molecular formula is C10H11F4NO. The van der Waals surface area contributed by atoms with Crippen molar-refractivity contribution in [3.8, 4) is 5.75 Å². The van der Waals surface area contributed by atoms with Gasteiger partial charge in [-0.05, 0) is 6.07 Å². The van der Waals surface area contributed by atoms with Crippen molar-refractivity contribution in [2.24, 2.45) is 5.73 Å². The summed E-state index contributed by atoms with van der Waals surface area (Å²) in [5.74, 6) is -0.161. The molecule has 0 spiro atoms. The zero-order valence-corrected chi connectivity index (χ0v) is 8.25. The lowest BCUT2D eigenvalue weighted by atomic mass is 10.0. The van der Waals surface area contributed by atoms with E-state index in [0.29, 0.717) is 0 Å². The summed E-state index contributed by atoms with van der Waals surface area (Å²) in [5, 5.41) is 0. The average Bonchev–Trinajstić information content (AvgIpc) is 2.16. The molecule has 2 nitrogen and oxygen atoms in total. The SMILES string of the molecule is N[C@@H](CC(F)F)c1ccccc1OC(F)F. The van der Waals surface area contributed by atoms with E-state index in [1.807, 2.05) is 0 Å². The Balaban J connectivity index is 2.85. The van der Waals surface area contributed by atoms with E-state index in [1.54, 1.807) is 0 Å². The van der Waals surface area contributed by atoms with E-state index in [2.05, 4.69) is 4.74 Å². The van der Waals surface area contributed by atoms with Gasteiger partial charge in [0.1, 0.15) is 5.75 Å². The molecule has 16 heavy (non-hydrogen) atoms. The molecule has 0 saturated carbocycles. The molecule has 0 aliphatic heterocycles. The van der Waals surface area contributed by atoms with Gasteiger partial charge in [-0.2, -0.15) is 8.78 Å². The second-order valence-corrected chi connectivity index (χ2v) is 3.15. The minimum Gasteiger partial charge on any atom is -0.434 e. The van der Waals surface area contributed by atoms with Crippen LogP contribution in [0, 0.1) is 0 Å². The van der Waals surface area contributed by atoms with Gasteiger partial charge in [0.05, 0.1) is 0 Å². The number of halogens is 4. The molecule has 2 N–H and O–H groups in total. The largest absolute Gasteiger partial charge is 0.434 e. The number of rotatable bonds is 5. The summed E-state index contributed by atoms with van der Waals surface area (Å²) in [6.45, 7) is -3.00. The highest BCUT2D eigenvalue weighted by atomic mass is 19.3. The average molecular weight is 237 g/mol. The van der Waals surface area contributed by atoms with E-state index in [1.165, 1.54) is 24.3 Å². The fourth-order valence-corrected chi connectivity index (χ4v) is 1.31. The quantitative estimate of drug-likeness (QED) is 0.799. The Morgan fingerprint density at radius 2 is 1.75 bits per heavy atom. The van der Waals surface area contributed by atoms with Gasteiger partial charge in [-0.1, -0.05) is 18.2 Å². The maximum absolute atomic E-state index is 12.1. The number of para-hydroxylation sites is 1. The summed E-state index contributed by atoms with van der Waals surface area (Å²) < 4.78 is 52.4. The highest BCUT2D eigenvalue weighted by Gasteiger charge is 2.18. The molecule has 1 aromatic rings. The molecule has 6 heteroatoms. The first kappa shape index (κ1) is 12.8. The van der Waals surface area contributed by atoms with Gasteiger partial charge in [-0.3, -0.25) is 0 Å². The Morgan fingerprint density at radius 1 is 1.12 bits per heavy atom. The second-order valence-electron chi connectivity index (χ2n) is 3.15. The van der Waals surface area contributed by atoms with Gasteiger partial charge in [0.2, 0.25) is 6.43 Å². The van der Waals surface area contributed by atoms with Gasteiger partial charge < -0.3 is 10.5 Å². The van der Waals surface area contributed by atoms with Crippen LogP contribution in [0.3, 0.4) is 0 Å². The molecule has 0 saturated heterocycles. The Hall–Kier alpha value is -1.30. The number of hydrogen-bond acceptors (Lipinski definition) is 2. The van der Waals surface area contributed by atoms with Crippen LogP contribution in [-0.4, -0.2) is 13.0 Å². The van der Waals surface area contributed by atoms with E-state index in [-0.39, 0.29) is 11.3 Å². The van der Waals surface area contributed by atoms with Gasteiger partial charge in [-0.25, -0.2) is 8.78 Å². The van der Waals surface area contributed by atoms with E-state index < -0.39 is 25.5 Å². The lowest BCUT2D eigenvalue weighted by Gasteiger charge is -2.16. The summed E-state index contributed by atoms with van der Waals surface area (Å²) in [6, 6.07) is 4.64. The third-order valence-electron chi connectivity index (χ3n) is 1.97. The lowest BCUT2D eigenvalue weighted by Crippen LogP contribution is -2.16. The molecule has 90 valence electrons. The van der Waals surface area contributed by atoms with Crippen LogP contribution >= 0.6 is 0 Å². The molecule has 0 bridgehead atoms. The molecule has 1 aromatic carbocycles. The summed E-state index contributed by atoms with van der Waals surface area (Å²) in [4.78, 5) is 0. The standard InChI is InChI=1S/C10H11F4NO/c11-9(12)5-7(15)6-3-1-2-4-8(6)16-10(13)14/h1-4,7,9-10H,5,15H2/t7-/m0/s1. The molecule has 0 fully saturated rings. The molecule has 0 aliphatic carbocycles. The first-order valence-electron chi connectivity index (χ1n) is 4.58. The molecule has 0 aliphatic rings. The highest BCUT2D eigenvalue weighted by molar-refractivity contribution is 5.35. The Bertz CT molecular complexity index is 332. The number of ether oxygens (including phenoxy) is 1. The van der Waals surface area contributed by atoms with Crippen LogP contribution in [0.15, 0.2) is 24.3 Å². The first-order valence-corrected chi connectivity index (χ1v) is 4.58. The first-order chi connectivity index (χ1) is 7.50. The number of alkyl halides is 4. The molecule has 0 amide bonds. The third-order valence-corrected chi connectivity index (χ3v) is 1.97. The predicted molar refractivity (Wildman–Crippen MR) is 50.6 cm³/mol. The smallest absolute Gasteiger partial charge is 0.387 e. The Labute approximate surface area is 90.0 Å². The van der Waals surface area contributed by atoms with Crippen LogP contribution in [0.25, 0.3) is 0 Å². The molecule has 1 rings (SSSR count). The Morgan fingerprint density at radius 3 is 2.31 bits per heavy atom. The van der Waals surface area contributed by atoms with E-state index in [9.17, 15) is 17.6 Å². The number of benzene rings is 1. The van der Waals surface area contributed by atoms with Crippen molar-refractivity contribution in [3.05, 3.63) is 29.8 Å². The van der Waals surface area contributed by atoms with Gasteiger partial charge in [0.15, 0.2) is 0 Å². The number of nitrogens with two attached hydrogens (primary N) is 1. The monoisotopic (exact) mass is 237 g/mol. The number of hydrogen-bond donors (Lipinski definition) is 1. The van der Waals surface area contributed by atoms with Crippen LogP contribution < -0.4 is 10.5 Å². The minimum absolute atomic E-state index is 0.156. The van der Waals surface area contributed by atoms with Crippen molar-refractivity contribution in [3.63, 3.8) is 0 Å².